The standard InChI is InChI=1S/C14H18ClN3O2/c1-14(2,3)12(19)13(18-9-16-8-17-18)20-11-6-4-5-10(15)7-11/h4-9,12-13,19H,1-3H3. The molecule has 2 rings (SSSR count). The van der Waals surface area contributed by atoms with Crippen LogP contribution in [0.2, 0.25) is 5.02 Å². The third-order valence-corrected chi connectivity index (χ3v) is 3.14. The lowest BCUT2D eigenvalue weighted by atomic mass is 9.88. The summed E-state index contributed by atoms with van der Waals surface area (Å²) in [6.45, 7) is 5.80. The molecule has 0 aliphatic carbocycles. The van der Waals surface area contributed by atoms with Gasteiger partial charge in [-0.15, -0.1) is 0 Å². The van der Waals surface area contributed by atoms with Crippen LogP contribution in [0.5, 0.6) is 5.75 Å². The summed E-state index contributed by atoms with van der Waals surface area (Å²) in [5.41, 5.74) is -0.366. The minimum absolute atomic E-state index is 0.366. The van der Waals surface area contributed by atoms with Gasteiger partial charge in [0.05, 0.1) is 0 Å². The van der Waals surface area contributed by atoms with E-state index < -0.39 is 12.3 Å². The zero-order valence-corrected chi connectivity index (χ0v) is 12.4. The number of halogens is 1. The second-order valence-electron chi connectivity index (χ2n) is 5.65. The van der Waals surface area contributed by atoms with Crippen LogP contribution >= 0.6 is 11.6 Å². The van der Waals surface area contributed by atoms with Crippen molar-refractivity contribution >= 4 is 11.6 Å². The smallest absolute Gasteiger partial charge is 0.219 e. The number of aliphatic hydroxyl groups excluding tert-OH is 1. The summed E-state index contributed by atoms with van der Waals surface area (Å²) in [7, 11) is 0. The second kappa shape index (κ2) is 5.81. The summed E-state index contributed by atoms with van der Waals surface area (Å²) in [5, 5.41) is 15.1. The Labute approximate surface area is 123 Å². The molecule has 1 aromatic heterocycles. The maximum atomic E-state index is 10.5. The highest BCUT2D eigenvalue weighted by atomic mass is 35.5. The molecule has 0 radical (unpaired) electrons. The molecule has 1 heterocycles. The number of hydrogen-bond donors (Lipinski definition) is 1. The van der Waals surface area contributed by atoms with Crippen LogP contribution < -0.4 is 4.74 Å². The van der Waals surface area contributed by atoms with Gasteiger partial charge in [0.25, 0.3) is 0 Å². The van der Waals surface area contributed by atoms with Crippen molar-refractivity contribution in [2.24, 2.45) is 5.41 Å². The molecule has 0 amide bonds. The molecule has 20 heavy (non-hydrogen) atoms. The third kappa shape index (κ3) is 3.49. The van der Waals surface area contributed by atoms with Gasteiger partial charge in [-0.3, -0.25) is 0 Å². The number of rotatable bonds is 4. The van der Waals surface area contributed by atoms with Crippen molar-refractivity contribution < 1.29 is 9.84 Å². The van der Waals surface area contributed by atoms with Crippen molar-refractivity contribution in [1.82, 2.24) is 14.8 Å². The molecule has 2 aromatic rings. The predicted octanol–water partition coefficient (Wildman–Crippen LogP) is 2.92. The molecule has 2 unspecified atom stereocenters. The van der Waals surface area contributed by atoms with Crippen molar-refractivity contribution in [2.75, 3.05) is 0 Å². The molecule has 0 fully saturated rings. The highest BCUT2D eigenvalue weighted by Crippen LogP contribution is 2.30. The van der Waals surface area contributed by atoms with E-state index in [0.717, 1.165) is 0 Å². The normalized spacial score (nSPS) is 14.8. The molecule has 0 saturated carbocycles. The molecule has 5 nitrogen and oxygen atoms in total. The Morgan fingerprint density at radius 3 is 2.65 bits per heavy atom. The first-order valence-corrected chi connectivity index (χ1v) is 6.70. The predicted molar refractivity (Wildman–Crippen MR) is 76.6 cm³/mol. The van der Waals surface area contributed by atoms with E-state index in [9.17, 15) is 5.11 Å². The maximum Gasteiger partial charge on any atom is 0.219 e. The summed E-state index contributed by atoms with van der Waals surface area (Å²) >= 11 is 5.95. The van der Waals surface area contributed by atoms with Gasteiger partial charge in [-0.1, -0.05) is 38.4 Å². The van der Waals surface area contributed by atoms with Crippen LogP contribution in [0.1, 0.15) is 27.0 Å². The van der Waals surface area contributed by atoms with Crippen LogP contribution in [0, 0.1) is 5.41 Å². The summed E-state index contributed by atoms with van der Waals surface area (Å²) in [5.74, 6) is 0.571. The second-order valence-corrected chi connectivity index (χ2v) is 6.09. The number of ether oxygens (including phenoxy) is 1. The number of benzene rings is 1. The minimum atomic E-state index is -0.761. The Balaban J connectivity index is 2.28. The molecular weight excluding hydrogens is 278 g/mol. The fourth-order valence-electron chi connectivity index (χ4n) is 1.72. The monoisotopic (exact) mass is 295 g/mol. The third-order valence-electron chi connectivity index (χ3n) is 2.91. The van der Waals surface area contributed by atoms with Gasteiger partial charge in [0.1, 0.15) is 24.5 Å². The minimum Gasteiger partial charge on any atom is -0.466 e. The number of aliphatic hydroxyl groups is 1. The maximum absolute atomic E-state index is 10.5. The Bertz CT molecular complexity index is 552. The molecule has 6 heteroatoms. The van der Waals surface area contributed by atoms with Gasteiger partial charge < -0.3 is 9.84 Å². The molecule has 0 saturated heterocycles. The van der Waals surface area contributed by atoms with E-state index in [1.807, 2.05) is 20.8 Å². The summed E-state index contributed by atoms with van der Waals surface area (Å²) < 4.78 is 7.35. The van der Waals surface area contributed by atoms with Crippen LogP contribution in [-0.2, 0) is 0 Å². The molecular formula is C14H18ClN3O2. The molecule has 108 valence electrons. The number of aromatic nitrogens is 3. The van der Waals surface area contributed by atoms with Crippen LogP contribution in [0.3, 0.4) is 0 Å². The van der Waals surface area contributed by atoms with Gasteiger partial charge in [0.2, 0.25) is 6.23 Å². The van der Waals surface area contributed by atoms with Crippen LogP contribution in [0.4, 0.5) is 0 Å². The molecule has 1 N–H and O–H groups in total. The van der Waals surface area contributed by atoms with Crippen molar-refractivity contribution in [2.45, 2.75) is 33.1 Å². The fourth-order valence-corrected chi connectivity index (χ4v) is 1.90. The Morgan fingerprint density at radius 2 is 2.10 bits per heavy atom. The van der Waals surface area contributed by atoms with Crippen molar-refractivity contribution in [1.29, 1.82) is 0 Å². The first kappa shape index (κ1) is 14.8. The van der Waals surface area contributed by atoms with E-state index in [-0.39, 0.29) is 5.41 Å². The highest BCUT2D eigenvalue weighted by molar-refractivity contribution is 6.30. The number of hydrogen-bond acceptors (Lipinski definition) is 4. The summed E-state index contributed by atoms with van der Waals surface area (Å²) in [6.07, 6.45) is 1.49. The highest BCUT2D eigenvalue weighted by Gasteiger charge is 2.34. The van der Waals surface area contributed by atoms with Gasteiger partial charge >= 0.3 is 0 Å². The molecule has 0 aliphatic rings. The SMILES string of the molecule is CC(C)(C)C(O)C(Oc1cccc(Cl)c1)n1cncn1. The topological polar surface area (TPSA) is 60.2 Å². The molecule has 0 spiro atoms. The van der Waals surface area contributed by atoms with E-state index in [0.29, 0.717) is 10.8 Å². The molecule has 0 bridgehead atoms. The first-order valence-electron chi connectivity index (χ1n) is 6.32. The van der Waals surface area contributed by atoms with E-state index in [1.165, 1.54) is 17.3 Å². The van der Waals surface area contributed by atoms with E-state index >= 15 is 0 Å². The summed E-state index contributed by atoms with van der Waals surface area (Å²) in [6, 6.07) is 7.03. The van der Waals surface area contributed by atoms with Gasteiger partial charge in [0.15, 0.2) is 0 Å². The Kier molecular flexibility index (Phi) is 4.30. The van der Waals surface area contributed by atoms with Gasteiger partial charge in [-0.25, -0.2) is 9.67 Å². The zero-order chi connectivity index (χ0) is 14.8. The van der Waals surface area contributed by atoms with Gasteiger partial charge in [0, 0.05) is 5.02 Å². The van der Waals surface area contributed by atoms with Crippen molar-refractivity contribution in [3.05, 3.63) is 41.9 Å². The van der Waals surface area contributed by atoms with E-state index in [2.05, 4.69) is 10.1 Å². The summed E-state index contributed by atoms with van der Waals surface area (Å²) in [4.78, 5) is 3.90. The molecule has 0 aliphatic heterocycles. The quantitative estimate of drug-likeness (QED) is 0.942. The fraction of sp³-hybridized carbons (Fsp3) is 0.429. The van der Waals surface area contributed by atoms with Gasteiger partial charge in [-0.2, -0.15) is 5.10 Å². The zero-order valence-electron chi connectivity index (χ0n) is 11.7. The van der Waals surface area contributed by atoms with E-state index in [4.69, 9.17) is 16.3 Å². The average molecular weight is 296 g/mol. The average Bonchev–Trinajstić information content (AvgIpc) is 2.87. The Hall–Kier alpha value is -1.59. The van der Waals surface area contributed by atoms with Crippen molar-refractivity contribution in [3.8, 4) is 5.75 Å². The van der Waals surface area contributed by atoms with Gasteiger partial charge in [-0.05, 0) is 23.6 Å². The first-order chi connectivity index (χ1) is 9.38. The van der Waals surface area contributed by atoms with Crippen LogP contribution in [-0.4, -0.2) is 26.0 Å². The molecule has 2 atom stereocenters. The lowest BCUT2D eigenvalue weighted by Gasteiger charge is -2.32. The molecule has 1 aromatic carbocycles. The lowest BCUT2D eigenvalue weighted by molar-refractivity contribution is -0.0731. The number of nitrogens with zero attached hydrogens (tertiary/aromatic N) is 3. The van der Waals surface area contributed by atoms with Crippen LogP contribution in [0.15, 0.2) is 36.9 Å². The Morgan fingerprint density at radius 1 is 1.35 bits per heavy atom. The van der Waals surface area contributed by atoms with Crippen molar-refractivity contribution in [3.63, 3.8) is 0 Å². The largest absolute Gasteiger partial charge is 0.466 e. The van der Waals surface area contributed by atoms with E-state index in [1.54, 1.807) is 24.3 Å². The lowest BCUT2D eigenvalue weighted by Crippen LogP contribution is -2.38. The van der Waals surface area contributed by atoms with Crippen LogP contribution in [0.25, 0.3) is 0 Å².